The van der Waals surface area contributed by atoms with E-state index in [-0.39, 0.29) is 5.91 Å². The Kier molecular flexibility index (Phi) is 7.92. The molecule has 0 aliphatic carbocycles. The van der Waals surface area contributed by atoms with Gasteiger partial charge in [-0.05, 0) is 46.3 Å². The van der Waals surface area contributed by atoms with Crippen LogP contribution in [-0.2, 0) is 6.54 Å². The minimum atomic E-state index is -0.181. The van der Waals surface area contributed by atoms with Gasteiger partial charge in [0.15, 0.2) is 10.8 Å². The van der Waals surface area contributed by atoms with E-state index in [2.05, 4.69) is 55.5 Å². The highest BCUT2D eigenvalue weighted by atomic mass is 79.9. The molecular weight excluding hydrogens is 468 g/mol. The van der Waals surface area contributed by atoms with Crippen molar-refractivity contribution < 1.29 is 9.53 Å². The number of thioether (sulfide) groups is 1. The SMILES string of the molecule is CCCNc1nc(SCC)nc2c1cnn2CCNC(=O)c1cc(OC)ccc1Br. The fourth-order valence-corrected chi connectivity index (χ4v) is 3.84. The number of carbonyl (C=O) groups excluding carboxylic acids is 1. The molecule has 30 heavy (non-hydrogen) atoms. The number of hydrogen-bond acceptors (Lipinski definition) is 7. The molecular formula is C20H25BrN6O2S. The Hall–Kier alpha value is -2.33. The highest BCUT2D eigenvalue weighted by Crippen LogP contribution is 2.25. The van der Waals surface area contributed by atoms with Gasteiger partial charge >= 0.3 is 0 Å². The van der Waals surface area contributed by atoms with Gasteiger partial charge in [0.25, 0.3) is 5.91 Å². The Morgan fingerprint density at radius 1 is 1.27 bits per heavy atom. The maximum atomic E-state index is 12.6. The Bertz CT molecular complexity index is 1030. The van der Waals surface area contributed by atoms with Gasteiger partial charge in [0.2, 0.25) is 0 Å². The lowest BCUT2D eigenvalue weighted by molar-refractivity contribution is 0.0951. The van der Waals surface area contributed by atoms with Crippen LogP contribution in [0.3, 0.4) is 0 Å². The molecule has 3 aromatic rings. The molecule has 3 rings (SSSR count). The second kappa shape index (κ2) is 10.6. The van der Waals surface area contributed by atoms with Crippen LogP contribution in [0.5, 0.6) is 5.75 Å². The van der Waals surface area contributed by atoms with E-state index in [1.54, 1.807) is 47.9 Å². The first-order valence-corrected chi connectivity index (χ1v) is 11.6. The average Bonchev–Trinajstić information content (AvgIpc) is 3.15. The Morgan fingerprint density at radius 2 is 2.10 bits per heavy atom. The van der Waals surface area contributed by atoms with Crippen LogP contribution >= 0.6 is 27.7 Å². The first-order valence-electron chi connectivity index (χ1n) is 9.79. The topological polar surface area (TPSA) is 94.0 Å². The van der Waals surface area contributed by atoms with Crippen molar-refractivity contribution in [3.8, 4) is 5.75 Å². The molecule has 0 fully saturated rings. The van der Waals surface area contributed by atoms with Gasteiger partial charge < -0.3 is 15.4 Å². The van der Waals surface area contributed by atoms with Crippen molar-refractivity contribution >= 4 is 50.5 Å². The maximum absolute atomic E-state index is 12.6. The van der Waals surface area contributed by atoms with E-state index in [4.69, 9.17) is 4.74 Å². The highest BCUT2D eigenvalue weighted by Gasteiger charge is 2.14. The summed E-state index contributed by atoms with van der Waals surface area (Å²) in [7, 11) is 1.57. The van der Waals surface area contributed by atoms with E-state index >= 15 is 0 Å². The molecule has 8 nitrogen and oxygen atoms in total. The molecule has 1 aromatic carbocycles. The fourth-order valence-electron chi connectivity index (χ4n) is 2.85. The lowest BCUT2D eigenvalue weighted by Crippen LogP contribution is -2.28. The van der Waals surface area contributed by atoms with Crippen LogP contribution in [0.4, 0.5) is 5.82 Å². The molecule has 10 heteroatoms. The first-order chi connectivity index (χ1) is 14.6. The number of nitrogens with one attached hydrogen (secondary N) is 2. The molecule has 0 unspecified atom stereocenters. The molecule has 0 aliphatic heterocycles. The number of aromatic nitrogens is 4. The smallest absolute Gasteiger partial charge is 0.252 e. The van der Waals surface area contributed by atoms with Gasteiger partial charge in [-0.1, -0.05) is 25.6 Å². The molecule has 0 spiro atoms. The summed E-state index contributed by atoms with van der Waals surface area (Å²) in [5.74, 6) is 2.14. The standard InChI is InChI=1S/C20H25BrN6O2S/c1-4-8-22-17-15-12-24-27(18(15)26-20(25-17)30-5-2)10-9-23-19(28)14-11-13(29-3)6-7-16(14)21/h6-7,11-12H,4-5,8-10H2,1-3H3,(H,23,28)(H,22,25,26). The van der Waals surface area contributed by atoms with Gasteiger partial charge in [0, 0.05) is 17.6 Å². The largest absolute Gasteiger partial charge is 0.497 e. The summed E-state index contributed by atoms with van der Waals surface area (Å²) >= 11 is 5.01. The zero-order valence-electron chi connectivity index (χ0n) is 17.2. The van der Waals surface area contributed by atoms with Gasteiger partial charge in [-0.25, -0.2) is 14.6 Å². The second-order valence-electron chi connectivity index (χ2n) is 6.42. The third-order valence-corrected chi connectivity index (χ3v) is 5.74. The van der Waals surface area contributed by atoms with E-state index < -0.39 is 0 Å². The predicted octanol–water partition coefficient (Wildman–Crippen LogP) is 3.96. The molecule has 2 heterocycles. The molecule has 0 atom stereocenters. The molecule has 2 aromatic heterocycles. The summed E-state index contributed by atoms with van der Waals surface area (Å²) in [5.41, 5.74) is 1.28. The van der Waals surface area contributed by atoms with Crippen LogP contribution in [0.25, 0.3) is 11.0 Å². The number of hydrogen-bond donors (Lipinski definition) is 2. The monoisotopic (exact) mass is 492 g/mol. The molecule has 0 aliphatic rings. The molecule has 1 amide bonds. The van der Waals surface area contributed by atoms with Gasteiger partial charge in [0.05, 0.1) is 30.8 Å². The van der Waals surface area contributed by atoms with Crippen molar-refractivity contribution in [1.29, 1.82) is 0 Å². The third-order valence-electron chi connectivity index (χ3n) is 4.32. The van der Waals surface area contributed by atoms with Crippen LogP contribution in [0.15, 0.2) is 34.0 Å². The number of amides is 1. The molecule has 0 saturated heterocycles. The minimum Gasteiger partial charge on any atom is -0.497 e. The van der Waals surface area contributed by atoms with E-state index in [1.807, 2.05) is 0 Å². The Morgan fingerprint density at radius 3 is 2.83 bits per heavy atom. The van der Waals surface area contributed by atoms with Crippen molar-refractivity contribution in [2.24, 2.45) is 0 Å². The van der Waals surface area contributed by atoms with Crippen LogP contribution in [-0.4, -0.2) is 51.6 Å². The average molecular weight is 493 g/mol. The molecule has 160 valence electrons. The number of anilines is 1. The number of carbonyl (C=O) groups is 1. The summed E-state index contributed by atoms with van der Waals surface area (Å²) in [6.07, 6.45) is 2.77. The molecule has 0 radical (unpaired) electrons. The minimum absolute atomic E-state index is 0.181. The normalized spacial score (nSPS) is 10.9. The van der Waals surface area contributed by atoms with Crippen molar-refractivity contribution in [1.82, 2.24) is 25.1 Å². The third kappa shape index (κ3) is 5.23. The number of halogens is 1. The Balaban J connectivity index is 1.74. The fraction of sp³-hybridized carbons (Fsp3) is 0.400. The van der Waals surface area contributed by atoms with Crippen molar-refractivity contribution in [2.45, 2.75) is 32.0 Å². The quantitative estimate of drug-likeness (QED) is 0.326. The molecule has 0 bridgehead atoms. The molecule has 2 N–H and O–H groups in total. The number of fused-ring (bicyclic) bond motifs is 1. The number of ether oxygens (including phenoxy) is 1. The summed E-state index contributed by atoms with van der Waals surface area (Å²) < 4.78 is 7.72. The van der Waals surface area contributed by atoms with E-state index in [1.165, 1.54) is 0 Å². The van der Waals surface area contributed by atoms with E-state index in [9.17, 15) is 4.79 Å². The van der Waals surface area contributed by atoms with Gasteiger partial charge in [0.1, 0.15) is 11.6 Å². The van der Waals surface area contributed by atoms with Crippen LogP contribution in [0, 0.1) is 0 Å². The Labute approximate surface area is 188 Å². The van der Waals surface area contributed by atoms with E-state index in [0.717, 1.165) is 40.7 Å². The first kappa shape index (κ1) is 22.4. The molecule has 0 saturated carbocycles. The van der Waals surface area contributed by atoms with Gasteiger partial charge in [-0.3, -0.25) is 4.79 Å². The number of nitrogens with zero attached hydrogens (tertiary/aromatic N) is 4. The summed E-state index contributed by atoms with van der Waals surface area (Å²) in [4.78, 5) is 21.9. The van der Waals surface area contributed by atoms with Crippen LogP contribution in [0.1, 0.15) is 30.6 Å². The van der Waals surface area contributed by atoms with Crippen molar-refractivity contribution in [3.05, 3.63) is 34.4 Å². The van der Waals surface area contributed by atoms with Gasteiger partial charge in [-0.2, -0.15) is 5.10 Å². The zero-order valence-corrected chi connectivity index (χ0v) is 19.6. The maximum Gasteiger partial charge on any atom is 0.252 e. The predicted molar refractivity (Wildman–Crippen MR) is 124 cm³/mol. The highest BCUT2D eigenvalue weighted by molar-refractivity contribution is 9.10. The zero-order chi connectivity index (χ0) is 21.5. The number of benzene rings is 1. The number of rotatable bonds is 10. The lowest BCUT2D eigenvalue weighted by Gasteiger charge is -2.10. The van der Waals surface area contributed by atoms with Crippen LogP contribution in [0.2, 0.25) is 0 Å². The van der Waals surface area contributed by atoms with Crippen LogP contribution < -0.4 is 15.4 Å². The van der Waals surface area contributed by atoms with Gasteiger partial charge in [-0.15, -0.1) is 0 Å². The summed E-state index contributed by atoms with van der Waals surface area (Å²) in [6.45, 7) is 5.92. The lowest BCUT2D eigenvalue weighted by atomic mass is 10.2. The summed E-state index contributed by atoms with van der Waals surface area (Å²) in [6, 6.07) is 5.30. The second-order valence-corrected chi connectivity index (χ2v) is 8.51. The number of methoxy groups -OCH3 is 1. The van der Waals surface area contributed by atoms with Crippen molar-refractivity contribution in [3.63, 3.8) is 0 Å². The van der Waals surface area contributed by atoms with E-state index in [0.29, 0.717) is 28.9 Å². The summed E-state index contributed by atoms with van der Waals surface area (Å²) in [5, 5.41) is 12.4. The van der Waals surface area contributed by atoms with Crippen molar-refractivity contribution in [2.75, 3.05) is 31.3 Å².